The molecule has 8 nitrogen and oxygen atoms in total. The Kier molecular flexibility index (Phi) is 8.28. The van der Waals surface area contributed by atoms with Crippen LogP contribution in [0.4, 0.5) is 5.88 Å². The lowest BCUT2D eigenvalue weighted by molar-refractivity contribution is -0.139. The molecule has 2 aromatic heterocycles. The maximum atomic E-state index is 14.0. The largest absolute Gasteiger partial charge is 0.496 e. The van der Waals surface area contributed by atoms with Crippen LogP contribution in [0.5, 0.6) is 5.75 Å². The number of piperidine rings is 1. The molecule has 1 atom stereocenters. The molecule has 0 unspecified atom stereocenters. The molecule has 206 valence electrons. The first-order valence-electron chi connectivity index (χ1n) is 13.3. The number of benzene rings is 1. The monoisotopic (exact) mass is 569 g/mol. The summed E-state index contributed by atoms with van der Waals surface area (Å²) >= 11 is 7.68. The average molecular weight is 570 g/mol. The van der Waals surface area contributed by atoms with Gasteiger partial charge in [0.1, 0.15) is 17.6 Å². The van der Waals surface area contributed by atoms with E-state index in [1.807, 2.05) is 19.1 Å². The number of ether oxygens (including phenoxy) is 2. The molecule has 0 aliphatic carbocycles. The van der Waals surface area contributed by atoms with E-state index in [4.69, 9.17) is 30.5 Å². The molecule has 0 spiro atoms. The molecular weight excluding hydrogens is 538 g/mol. The van der Waals surface area contributed by atoms with Gasteiger partial charge in [-0.3, -0.25) is 9.36 Å². The number of thiazole rings is 1. The van der Waals surface area contributed by atoms with Crippen LogP contribution in [0.25, 0.3) is 6.08 Å². The van der Waals surface area contributed by atoms with Gasteiger partial charge in [-0.15, -0.1) is 0 Å². The van der Waals surface area contributed by atoms with Gasteiger partial charge >= 0.3 is 5.97 Å². The molecule has 2 aliphatic heterocycles. The lowest BCUT2D eigenvalue weighted by Gasteiger charge is -2.27. The number of rotatable bonds is 8. The van der Waals surface area contributed by atoms with Gasteiger partial charge < -0.3 is 18.8 Å². The quantitative estimate of drug-likeness (QED) is 0.361. The van der Waals surface area contributed by atoms with Crippen molar-refractivity contribution in [2.24, 2.45) is 4.99 Å². The molecule has 1 saturated heterocycles. The fraction of sp³-hybridized carbons (Fsp3) is 0.414. The van der Waals surface area contributed by atoms with Crippen LogP contribution < -0.4 is 24.5 Å². The normalized spacial score (nSPS) is 17.7. The highest BCUT2D eigenvalue weighted by atomic mass is 35.5. The molecule has 2 aliphatic rings. The van der Waals surface area contributed by atoms with E-state index < -0.39 is 12.0 Å². The minimum atomic E-state index is -0.807. The Hall–Kier alpha value is -3.30. The van der Waals surface area contributed by atoms with Crippen molar-refractivity contribution >= 4 is 40.9 Å². The van der Waals surface area contributed by atoms with Gasteiger partial charge in [0.25, 0.3) is 5.56 Å². The van der Waals surface area contributed by atoms with Crippen LogP contribution in [0, 0.1) is 0 Å². The van der Waals surface area contributed by atoms with Gasteiger partial charge in [0, 0.05) is 35.8 Å². The summed E-state index contributed by atoms with van der Waals surface area (Å²) in [6.45, 7) is 5.90. The predicted molar refractivity (Wildman–Crippen MR) is 152 cm³/mol. The Morgan fingerprint density at radius 2 is 2.00 bits per heavy atom. The molecule has 1 fully saturated rings. The van der Waals surface area contributed by atoms with Crippen molar-refractivity contribution in [2.45, 2.75) is 52.0 Å². The van der Waals surface area contributed by atoms with Crippen LogP contribution in [0.2, 0.25) is 5.02 Å². The standard InChI is InChI=1S/C29H32ClN3O5S/c1-4-9-21-25(28(35)37-5-2)26(20-16-18(30)10-12-22(20)36-3)33-27(34)23(39-29(33)31-21)17-19-11-13-24(38-19)32-14-7-6-8-15-32/h10-13,16-17,26H,4-9,14-15H2,1-3H3/b23-17+/t26-/m0/s1. The van der Waals surface area contributed by atoms with E-state index in [1.165, 1.54) is 17.8 Å². The smallest absolute Gasteiger partial charge is 0.338 e. The van der Waals surface area contributed by atoms with E-state index in [1.54, 1.807) is 42.9 Å². The van der Waals surface area contributed by atoms with Gasteiger partial charge in [0.05, 0.1) is 29.5 Å². The number of nitrogens with zero attached hydrogens (tertiary/aromatic N) is 3. The molecule has 4 heterocycles. The maximum absolute atomic E-state index is 14.0. The molecular formula is C29H32ClN3O5S. The first kappa shape index (κ1) is 27.3. The highest BCUT2D eigenvalue weighted by Crippen LogP contribution is 2.38. The summed E-state index contributed by atoms with van der Waals surface area (Å²) in [4.78, 5) is 34.9. The van der Waals surface area contributed by atoms with E-state index in [0.29, 0.717) is 49.1 Å². The molecule has 1 aromatic carbocycles. The number of fused-ring (bicyclic) bond motifs is 1. The fourth-order valence-corrected chi connectivity index (χ4v) is 6.35. The van der Waals surface area contributed by atoms with Crippen molar-refractivity contribution in [2.75, 3.05) is 31.7 Å². The lowest BCUT2D eigenvalue weighted by Crippen LogP contribution is -2.40. The highest BCUT2D eigenvalue weighted by molar-refractivity contribution is 7.07. The average Bonchev–Trinajstić information content (AvgIpc) is 3.53. The van der Waals surface area contributed by atoms with Crippen molar-refractivity contribution in [1.29, 1.82) is 0 Å². The zero-order valence-electron chi connectivity index (χ0n) is 22.4. The minimum Gasteiger partial charge on any atom is -0.496 e. The van der Waals surface area contributed by atoms with Crippen molar-refractivity contribution in [1.82, 2.24) is 4.57 Å². The fourth-order valence-electron chi connectivity index (χ4n) is 5.17. The number of halogens is 1. The summed E-state index contributed by atoms with van der Waals surface area (Å²) in [5.74, 6) is 1.40. The molecule has 5 rings (SSSR count). The van der Waals surface area contributed by atoms with Crippen LogP contribution >= 0.6 is 22.9 Å². The van der Waals surface area contributed by atoms with Crippen LogP contribution in [0.1, 0.15) is 63.3 Å². The second-order valence-electron chi connectivity index (χ2n) is 9.52. The van der Waals surface area contributed by atoms with Gasteiger partial charge in [-0.2, -0.15) is 0 Å². The number of furan rings is 1. The van der Waals surface area contributed by atoms with Crippen molar-refractivity contribution in [3.63, 3.8) is 0 Å². The highest BCUT2D eigenvalue weighted by Gasteiger charge is 2.36. The van der Waals surface area contributed by atoms with Gasteiger partial charge in [-0.1, -0.05) is 36.3 Å². The predicted octanol–water partition coefficient (Wildman–Crippen LogP) is 4.82. The summed E-state index contributed by atoms with van der Waals surface area (Å²) in [5.41, 5.74) is 1.23. The SMILES string of the molecule is CCCC1=C(C(=O)OCC)[C@H](c2cc(Cl)ccc2OC)n2c(s/c(=C/c3ccc(N4CCCCC4)o3)c2=O)=N1. The van der Waals surface area contributed by atoms with Crippen molar-refractivity contribution in [3.8, 4) is 5.75 Å². The van der Waals surface area contributed by atoms with Crippen molar-refractivity contribution in [3.05, 3.63) is 77.6 Å². The zero-order chi connectivity index (χ0) is 27.5. The van der Waals surface area contributed by atoms with Crippen LogP contribution in [-0.2, 0) is 9.53 Å². The molecule has 0 radical (unpaired) electrons. The minimum absolute atomic E-state index is 0.198. The Morgan fingerprint density at radius 1 is 1.21 bits per heavy atom. The van der Waals surface area contributed by atoms with E-state index >= 15 is 0 Å². The van der Waals surface area contributed by atoms with Crippen LogP contribution in [-0.4, -0.2) is 37.3 Å². The Balaban J connectivity index is 1.69. The van der Waals surface area contributed by atoms with Gasteiger partial charge in [-0.05, 0) is 56.9 Å². The van der Waals surface area contributed by atoms with E-state index in [0.717, 1.165) is 38.2 Å². The van der Waals surface area contributed by atoms with E-state index in [2.05, 4.69) is 4.90 Å². The van der Waals surface area contributed by atoms with Gasteiger partial charge in [0.2, 0.25) is 0 Å². The summed E-state index contributed by atoms with van der Waals surface area (Å²) in [7, 11) is 1.55. The third kappa shape index (κ3) is 5.43. The van der Waals surface area contributed by atoms with Crippen molar-refractivity contribution < 1.29 is 18.7 Å². The molecule has 0 amide bonds. The number of esters is 1. The topological polar surface area (TPSA) is 86.3 Å². The van der Waals surface area contributed by atoms with Gasteiger partial charge in [0.15, 0.2) is 10.7 Å². The third-order valence-electron chi connectivity index (χ3n) is 6.93. The maximum Gasteiger partial charge on any atom is 0.338 e. The Labute approximate surface area is 235 Å². The molecule has 0 saturated carbocycles. The van der Waals surface area contributed by atoms with E-state index in [9.17, 15) is 9.59 Å². The second-order valence-corrected chi connectivity index (χ2v) is 11.0. The number of hydrogen-bond acceptors (Lipinski definition) is 8. The molecule has 10 heteroatoms. The number of allylic oxidation sites excluding steroid dienone is 1. The zero-order valence-corrected chi connectivity index (χ0v) is 23.9. The summed E-state index contributed by atoms with van der Waals surface area (Å²) < 4.78 is 19.2. The molecule has 3 aromatic rings. The molecule has 39 heavy (non-hydrogen) atoms. The number of anilines is 1. The first-order valence-corrected chi connectivity index (χ1v) is 14.5. The third-order valence-corrected chi connectivity index (χ3v) is 8.15. The Bertz CT molecular complexity index is 1580. The van der Waals surface area contributed by atoms with Crippen LogP contribution in [0.3, 0.4) is 0 Å². The number of carbonyl (C=O) groups excluding carboxylic acids is 1. The number of hydrogen-bond donors (Lipinski definition) is 0. The first-order chi connectivity index (χ1) is 18.9. The Morgan fingerprint density at radius 3 is 2.72 bits per heavy atom. The lowest BCUT2D eigenvalue weighted by atomic mass is 9.93. The molecule has 0 N–H and O–H groups in total. The number of aromatic nitrogens is 1. The molecule has 0 bridgehead atoms. The summed E-state index contributed by atoms with van der Waals surface area (Å²) in [6.07, 6.45) is 6.58. The summed E-state index contributed by atoms with van der Waals surface area (Å²) in [5, 5.41) is 0.464. The second kappa shape index (κ2) is 11.8. The number of methoxy groups -OCH3 is 1. The van der Waals surface area contributed by atoms with Crippen LogP contribution in [0.15, 0.2) is 55.8 Å². The number of carbonyl (C=O) groups is 1. The van der Waals surface area contributed by atoms with Gasteiger partial charge in [-0.25, -0.2) is 9.79 Å². The van der Waals surface area contributed by atoms with E-state index in [-0.39, 0.29) is 12.2 Å². The summed E-state index contributed by atoms with van der Waals surface area (Å²) in [6, 6.07) is 8.20.